The van der Waals surface area contributed by atoms with Gasteiger partial charge in [-0.15, -0.1) is 0 Å². The summed E-state index contributed by atoms with van der Waals surface area (Å²) in [5.41, 5.74) is 0.957. The molecule has 2 aromatic rings. The molecule has 1 saturated heterocycles. The summed E-state index contributed by atoms with van der Waals surface area (Å²) in [5, 5.41) is 5.12. The highest BCUT2D eigenvalue weighted by Crippen LogP contribution is 2.36. The average Bonchev–Trinajstić information content (AvgIpc) is 3.04. The molecular formula is C22H22N4O5S. The van der Waals surface area contributed by atoms with E-state index < -0.39 is 21.3 Å². The minimum absolute atomic E-state index is 0.132. The minimum atomic E-state index is -3.66. The normalized spacial score (nSPS) is 22.7. The maximum Gasteiger partial charge on any atom is 0.263 e. The van der Waals surface area contributed by atoms with Crippen LogP contribution in [0.3, 0.4) is 0 Å². The number of imide groups is 1. The number of nitrogens with one attached hydrogen (secondary N) is 3. The highest BCUT2D eigenvalue weighted by atomic mass is 32.2. The lowest BCUT2D eigenvalue weighted by atomic mass is 9.72. The number of amidine groups is 1. The lowest BCUT2D eigenvalue weighted by Gasteiger charge is -2.35. The van der Waals surface area contributed by atoms with Gasteiger partial charge in [-0.05, 0) is 42.7 Å². The van der Waals surface area contributed by atoms with Crippen molar-refractivity contribution in [2.24, 2.45) is 4.99 Å². The van der Waals surface area contributed by atoms with Crippen molar-refractivity contribution < 1.29 is 22.8 Å². The number of anilines is 1. The second-order valence-corrected chi connectivity index (χ2v) is 9.36. The molecule has 4 rings (SSSR count). The van der Waals surface area contributed by atoms with Crippen molar-refractivity contribution >= 4 is 39.3 Å². The van der Waals surface area contributed by atoms with Crippen LogP contribution in [0, 0.1) is 0 Å². The Bertz CT molecular complexity index is 1240. The van der Waals surface area contributed by atoms with Crippen LogP contribution in [0.15, 0.2) is 58.4 Å². The van der Waals surface area contributed by atoms with E-state index in [1.807, 2.05) is 6.92 Å². The number of amides is 3. The van der Waals surface area contributed by atoms with Crippen molar-refractivity contribution in [2.75, 3.05) is 11.9 Å². The monoisotopic (exact) mass is 454 g/mol. The number of carbonyl (C=O) groups excluding carboxylic acids is 3. The van der Waals surface area contributed by atoms with Crippen LogP contribution >= 0.6 is 0 Å². The van der Waals surface area contributed by atoms with Gasteiger partial charge in [0.1, 0.15) is 12.4 Å². The molecule has 0 saturated carbocycles. The van der Waals surface area contributed by atoms with Gasteiger partial charge >= 0.3 is 0 Å². The molecule has 0 bridgehead atoms. The van der Waals surface area contributed by atoms with Crippen molar-refractivity contribution in [3.8, 4) is 0 Å². The van der Waals surface area contributed by atoms with E-state index in [0.717, 1.165) is 5.56 Å². The zero-order chi connectivity index (χ0) is 22.9. The molecule has 0 radical (unpaired) electrons. The molecule has 1 atom stereocenters. The molecule has 9 nitrogen and oxygen atoms in total. The number of sulfonamides is 1. The van der Waals surface area contributed by atoms with E-state index in [2.05, 4.69) is 20.3 Å². The Morgan fingerprint density at radius 1 is 1.12 bits per heavy atom. The van der Waals surface area contributed by atoms with E-state index in [1.54, 1.807) is 42.5 Å². The Hall–Kier alpha value is -3.53. The number of piperidine rings is 1. The summed E-state index contributed by atoms with van der Waals surface area (Å²) < 4.78 is 26.6. The number of hydrogen-bond donors (Lipinski definition) is 3. The molecule has 10 heteroatoms. The number of fused-ring (bicyclic) bond motifs is 1. The third kappa shape index (κ3) is 3.89. The van der Waals surface area contributed by atoms with Gasteiger partial charge in [-0.3, -0.25) is 29.4 Å². The first-order chi connectivity index (χ1) is 15.2. The zero-order valence-electron chi connectivity index (χ0n) is 17.3. The van der Waals surface area contributed by atoms with Crippen molar-refractivity contribution in [2.45, 2.75) is 36.5 Å². The van der Waals surface area contributed by atoms with Crippen molar-refractivity contribution in [3.05, 3.63) is 59.7 Å². The lowest BCUT2D eigenvalue weighted by molar-refractivity contribution is -0.138. The summed E-state index contributed by atoms with van der Waals surface area (Å²) in [6.45, 7) is 1.64. The van der Waals surface area contributed by atoms with E-state index >= 15 is 0 Å². The highest BCUT2D eigenvalue weighted by molar-refractivity contribution is 7.90. The highest BCUT2D eigenvalue weighted by Gasteiger charge is 2.42. The Morgan fingerprint density at radius 3 is 2.53 bits per heavy atom. The summed E-state index contributed by atoms with van der Waals surface area (Å²) in [5.74, 6) is -0.853. The molecule has 2 heterocycles. The van der Waals surface area contributed by atoms with E-state index in [-0.39, 0.29) is 35.5 Å². The van der Waals surface area contributed by atoms with Gasteiger partial charge in [-0.25, -0.2) is 8.42 Å². The number of carbonyl (C=O) groups is 3. The number of benzene rings is 2. The van der Waals surface area contributed by atoms with Crippen LogP contribution in [-0.4, -0.2) is 38.5 Å². The first kappa shape index (κ1) is 21.7. The van der Waals surface area contributed by atoms with Crippen molar-refractivity contribution in [1.29, 1.82) is 0 Å². The third-order valence-electron chi connectivity index (χ3n) is 5.83. The fraction of sp³-hybridized carbons (Fsp3) is 0.273. The Labute approximate surface area is 185 Å². The molecule has 0 aliphatic carbocycles. The Kier molecular flexibility index (Phi) is 5.55. The van der Waals surface area contributed by atoms with Gasteiger partial charge < -0.3 is 5.32 Å². The maximum absolute atomic E-state index is 12.5. The summed E-state index contributed by atoms with van der Waals surface area (Å²) in [6.07, 6.45) is 1.27. The molecule has 1 fully saturated rings. The van der Waals surface area contributed by atoms with Crippen molar-refractivity contribution in [3.63, 3.8) is 0 Å². The van der Waals surface area contributed by atoms with Gasteiger partial charge in [-0.2, -0.15) is 0 Å². The number of rotatable bonds is 5. The SMILES string of the molecule is CCC1(c2ccc(NC(=O)CN=C3NS(=O)(=O)c4ccccc43)cc2)CCC(=O)NC1=O. The standard InChI is InChI=1S/C22H22N4O5S/c1-2-22(12-11-18(27)25-21(22)29)14-7-9-15(10-8-14)24-19(28)13-23-20-16-5-3-4-6-17(16)32(30,31)26-20/h3-10H,2,11-13H2,1H3,(H,23,26)(H,24,28)(H,25,27,29). The van der Waals surface area contributed by atoms with E-state index in [9.17, 15) is 22.8 Å². The quantitative estimate of drug-likeness (QED) is 0.588. The fourth-order valence-electron chi connectivity index (χ4n) is 4.04. The summed E-state index contributed by atoms with van der Waals surface area (Å²) in [6, 6.07) is 13.3. The van der Waals surface area contributed by atoms with Crippen LogP contribution in [0.5, 0.6) is 0 Å². The average molecular weight is 455 g/mol. The predicted octanol–water partition coefficient (Wildman–Crippen LogP) is 1.45. The molecule has 2 aromatic carbocycles. The van der Waals surface area contributed by atoms with Gasteiger partial charge in [0.25, 0.3) is 10.0 Å². The first-order valence-corrected chi connectivity index (χ1v) is 11.6. The molecule has 2 aliphatic heterocycles. The van der Waals surface area contributed by atoms with Crippen LogP contribution in [0.4, 0.5) is 5.69 Å². The van der Waals surface area contributed by atoms with Crippen LogP contribution in [-0.2, 0) is 29.8 Å². The van der Waals surface area contributed by atoms with Crippen LogP contribution < -0.4 is 15.4 Å². The molecule has 3 N–H and O–H groups in total. The zero-order valence-corrected chi connectivity index (χ0v) is 18.2. The maximum atomic E-state index is 12.5. The Balaban J connectivity index is 1.44. The second-order valence-electron chi connectivity index (χ2n) is 7.70. The largest absolute Gasteiger partial charge is 0.324 e. The second kappa shape index (κ2) is 8.19. The number of aliphatic imine (C=N–C) groups is 1. The Morgan fingerprint density at radius 2 is 1.84 bits per heavy atom. The molecule has 0 spiro atoms. The van der Waals surface area contributed by atoms with Gasteiger partial charge in [-0.1, -0.05) is 31.2 Å². The molecular weight excluding hydrogens is 432 g/mol. The minimum Gasteiger partial charge on any atom is -0.324 e. The molecule has 166 valence electrons. The van der Waals surface area contributed by atoms with Gasteiger partial charge in [0.05, 0.1) is 10.3 Å². The lowest BCUT2D eigenvalue weighted by Crippen LogP contribution is -2.51. The summed E-state index contributed by atoms with van der Waals surface area (Å²) >= 11 is 0. The van der Waals surface area contributed by atoms with E-state index in [1.165, 1.54) is 6.07 Å². The van der Waals surface area contributed by atoms with E-state index in [4.69, 9.17) is 0 Å². The fourth-order valence-corrected chi connectivity index (χ4v) is 5.29. The molecule has 2 aliphatic rings. The van der Waals surface area contributed by atoms with E-state index in [0.29, 0.717) is 24.1 Å². The number of hydrogen-bond acceptors (Lipinski definition) is 6. The van der Waals surface area contributed by atoms with Gasteiger partial charge in [0.2, 0.25) is 17.7 Å². The molecule has 0 aromatic heterocycles. The van der Waals surface area contributed by atoms with Crippen molar-refractivity contribution in [1.82, 2.24) is 10.0 Å². The van der Waals surface area contributed by atoms with Crippen LogP contribution in [0.2, 0.25) is 0 Å². The first-order valence-electron chi connectivity index (χ1n) is 10.2. The van der Waals surface area contributed by atoms with Gasteiger partial charge in [0.15, 0.2) is 0 Å². The molecule has 1 unspecified atom stereocenters. The number of nitrogens with zero attached hydrogens (tertiary/aromatic N) is 1. The summed E-state index contributed by atoms with van der Waals surface area (Å²) in [4.78, 5) is 40.6. The molecule has 3 amide bonds. The predicted molar refractivity (Wildman–Crippen MR) is 118 cm³/mol. The van der Waals surface area contributed by atoms with Crippen LogP contribution in [0.1, 0.15) is 37.3 Å². The van der Waals surface area contributed by atoms with Gasteiger partial charge in [0, 0.05) is 17.7 Å². The van der Waals surface area contributed by atoms with Crippen LogP contribution in [0.25, 0.3) is 0 Å². The molecule has 32 heavy (non-hydrogen) atoms. The third-order valence-corrected chi connectivity index (χ3v) is 7.23. The topological polar surface area (TPSA) is 134 Å². The summed E-state index contributed by atoms with van der Waals surface area (Å²) in [7, 11) is -3.66. The smallest absolute Gasteiger partial charge is 0.263 e.